The smallest absolute Gasteiger partial charge is 0.316 e. The average Bonchev–Trinajstić information content (AvgIpc) is 2.91. The highest BCUT2D eigenvalue weighted by Gasteiger charge is 2.59. The van der Waals surface area contributed by atoms with Gasteiger partial charge in [-0.15, -0.1) is 0 Å². The summed E-state index contributed by atoms with van der Waals surface area (Å²) in [5.41, 5.74) is 0.588. The van der Waals surface area contributed by atoms with Crippen LogP contribution in [0.25, 0.3) is 0 Å². The predicted octanol–water partition coefficient (Wildman–Crippen LogP) is 2.79. The molecule has 2 nitrogen and oxygen atoms in total. The molecule has 1 fully saturated rings. The third-order valence-electron chi connectivity index (χ3n) is 3.22. The number of rotatable bonds is 2. The minimum absolute atomic E-state index is 0.141. The van der Waals surface area contributed by atoms with Gasteiger partial charge in [0.1, 0.15) is 0 Å². The van der Waals surface area contributed by atoms with Gasteiger partial charge in [0.15, 0.2) is 0 Å². The van der Waals surface area contributed by atoms with Crippen LogP contribution in [-0.4, -0.2) is 13.1 Å². The Labute approximate surface area is 94.2 Å². The van der Waals surface area contributed by atoms with Crippen LogP contribution in [-0.2, 0) is 14.9 Å². The van der Waals surface area contributed by atoms with Crippen molar-refractivity contribution in [2.75, 3.05) is 7.11 Å². The van der Waals surface area contributed by atoms with E-state index in [2.05, 4.69) is 6.92 Å². The van der Waals surface area contributed by atoms with E-state index in [-0.39, 0.29) is 5.97 Å². The molecule has 2 unspecified atom stereocenters. The van der Waals surface area contributed by atoms with E-state index in [1.165, 1.54) is 7.11 Å². The molecule has 1 aromatic rings. The number of carbonyl (C=O) groups is 1. The summed E-state index contributed by atoms with van der Waals surface area (Å²) in [6.07, 6.45) is 0.862. The van der Waals surface area contributed by atoms with Crippen LogP contribution >= 0.6 is 11.6 Å². The van der Waals surface area contributed by atoms with Gasteiger partial charge in [0, 0.05) is 5.02 Å². The number of benzene rings is 1. The number of ether oxygens (including phenoxy) is 1. The average molecular weight is 225 g/mol. The molecule has 80 valence electrons. The van der Waals surface area contributed by atoms with Crippen LogP contribution in [0.3, 0.4) is 0 Å². The number of esters is 1. The van der Waals surface area contributed by atoms with E-state index in [0.29, 0.717) is 10.9 Å². The van der Waals surface area contributed by atoms with Crippen molar-refractivity contribution in [1.29, 1.82) is 0 Å². The Morgan fingerprint density at radius 2 is 2.00 bits per heavy atom. The number of hydrogen-bond acceptors (Lipinski definition) is 2. The summed E-state index contributed by atoms with van der Waals surface area (Å²) in [7, 11) is 1.44. The van der Waals surface area contributed by atoms with Gasteiger partial charge in [-0.2, -0.15) is 0 Å². The van der Waals surface area contributed by atoms with Gasteiger partial charge in [0.05, 0.1) is 12.5 Å². The minimum Gasteiger partial charge on any atom is -0.468 e. The molecule has 2 atom stereocenters. The lowest BCUT2D eigenvalue weighted by molar-refractivity contribution is -0.144. The highest BCUT2D eigenvalue weighted by Crippen LogP contribution is 2.54. The highest BCUT2D eigenvalue weighted by molar-refractivity contribution is 6.30. The number of hydrogen-bond donors (Lipinski definition) is 0. The molecule has 1 aliphatic rings. The second-order valence-electron chi connectivity index (χ2n) is 4.07. The first kappa shape index (κ1) is 10.5. The first-order valence-corrected chi connectivity index (χ1v) is 5.33. The molecule has 0 N–H and O–H groups in total. The Hall–Kier alpha value is -1.02. The Morgan fingerprint density at radius 3 is 2.40 bits per heavy atom. The van der Waals surface area contributed by atoms with E-state index in [9.17, 15) is 4.79 Å². The van der Waals surface area contributed by atoms with Gasteiger partial charge in [0.25, 0.3) is 0 Å². The molecule has 0 saturated heterocycles. The van der Waals surface area contributed by atoms with Crippen LogP contribution in [0.5, 0.6) is 0 Å². The number of halogens is 1. The van der Waals surface area contributed by atoms with Gasteiger partial charge >= 0.3 is 5.97 Å². The Bertz CT molecular complexity index is 385. The summed E-state index contributed by atoms with van der Waals surface area (Å²) in [6.45, 7) is 2.06. The summed E-state index contributed by atoms with van der Waals surface area (Å²) in [5, 5.41) is 0.687. The maximum Gasteiger partial charge on any atom is 0.316 e. The predicted molar refractivity (Wildman–Crippen MR) is 58.9 cm³/mol. The fourth-order valence-electron chi connectivity index (χ4n) is 2.16. The van der Waals surface area contributed by atoms with Crippen molar-refractivity contribution < 1.29 is 9.53 Å². The van der Waals surface area contributed by atoms with Crippen LogP contribution in [0.1, 0.15) is 18.9 Å². The van der Waals surface area contributed by atoms with Crippen molar-refractivity contribution in [3.8, 4) is 0 Å². The monoisotopic (exact) mass is 224 g/mol. The van der Waals surface area contributed by atoms with Crippen LogP contribution in [0.2, 0.25) is 5.02 Å². The molecule has 0 radical (unpaired) electrons. The van der Waals surface area contributed by atoms with E-state index >= 15 is 0 Å². The molecule has 1 aliphatic carbocycles. The van der Waals surface area contributed by atoms with E-state index in [4.69, 9.17) is 16.3 Å². The lowest BCUT2D eigenvalue weighted by Crippen LogP contribution is -2.23. The van der Waals surface area contributed by atoms with E-state index in [0.717, 1.165) is 12.0 Å². The summed E-state index contributed by atoms with van der Waals surface area (Å²) >= 11 is 5.82. The van der Waals surface area contributed by atoms with Gasteiger partial charge < -0.3 is 4.74 Å². The van der Waals surface area contributed by atoms with Crippen molar-refractivity contribution in [3.05, 3.63) is 34.9 Å². The molecule has 0 aliphatic heterocycles. The van der Waals surface area contributed by atoms with Gasteiger partial charge in [-0.1, -0.05) is 30.7 Å². The Morgan fingerprint density at radius 1 is 1.47 bits per heavy atom. The SMILES string of the molecule is COC(=O)C1(c2ccc(Cl)cc2)CC1C. The zero-order valence-corrected chi connectivity index (χ0v) is 9.54. The second kappa shape index (κ2) is 3.53. The lowest BCUT2D eigenvalue weighted by Gasteiger charge is -2.14. The van der Waals surface area contributed by atoms with Gasteiger partial charge in [-0.3, -0.25) is 4.79 Å². The number of carbonyl (C=O) groups excluding carboxylic acids is 1. The Balaban J connectivity index is 2.36. The first-order chi connectivity index (χ1) is 7.11. The van der Waals surface area contributed by atoms with E-state index in [1.54, 1.807) is 0 Å². The molecule has 0 aromatic heterocycles. The molecule has 0 spiro atoms. The van der Waals surface area contributed by atoms with Crippen LogP contribution in [0, 0.1) is 5.92 Å². The van der Waals surface area contributed by atoms with Crippen molar-refractivity contribution in [1.82, 2.24) is 0 Å². The Kier molecular flexibility index (Phi) is 2.47. The second-order valence-corrected chi connectivity index (χ2v) is 4.51. The standard InChI is InChI=1S/C12H13ClO2/c1-8-7-12(8,11(14)15-2)9-3-5-10(13)6-4-9/h3-6,8H,7H2,1-2H3. The van der Waals surface area contributed by atoms with Gasteiger partial charge in [-0.05, 0) is 30.0 Å². The van der Waals surface area contributed by atoms with Gasteiger partial charge in [-0.25, -0.2) is 0 Å². The summed E-state index contributed by atoms with van der Waals surface area (Å²) < 4.78 is 4.86. The summed E-state index contributed by atoms with van der Waals surface area (Å²) in [4.78, 5) is 11.7. The molecular weight excluding hydrogens is 212 g/mol. The molecule has 15 heavy (non-hydrogen) atoms. The molecule has 3 heteroatoms. The molecule has 2 rings (SSSR count). The molecule has 0 bridgehead atoms. The quantitative estimate of drug-likeness (QED) is 0.723. The van der Waals surface area contributed by atoms with E-state index < -0.39 is 5.41 Å². The summed E-state index contributed by atoms with van der Waals surface area (Å²) in [6, 6.07) is 7.44. The fourth-order valence-corrected chi connectivity index (χ4v) is 2.28. The lowest BCUT2D eigenvalue weighted by atomic mass is 9.94. The topological polar surface area (TPSA) is 26.3 Å². The fraction of sp³-hybridized carbons (Fsp3) is 0.417. The molecular formula is C12H13ClO2. The van der Waals surface area contributed by atoms with Crippen molar-refractivity contribution >= 4 is 17.6 Å². The molecule has 1 aromatic carbocycles. The number of methoxy groups -OCH3 is 1. The maximum absolute atomic E-state index is 11.7. The minimum atomic E-state index is -0.417. The summed E-state index contributed by atoms with van der Waals surface area (Å²) in [5.74, 6) is 0.212. The maximum atomic E-state index is 11.7. The van der Waals surface area contributed by atoms with Crippen LogP contribution < -0.4 is 0 Å². The molecule has 1 saturated carbocycles. The third-order valence-corrected chi connectivity index (χ3v) is 3.47. The normalized spacial score (nSPS) is 28.6. The van der Waals surface area contributed by atoms with Crippen LogP contribution in [0.4, 0.5) is 0 Å². The zero-order chi connectivity index (χ0) is 11.1. The first-order valence-electron chi connectivity index (χ1n) is 4.95. The third kappa shape index (κ3) is 1.53. The van der Waals surface area contributed by atoms with E-state index in [1.807, 2.05) is 24.3 Å². The molecule has 0 heterocycles. The largest absolute Gasteiger partial charge is 0.468 e. The molecule has 0 amide bonds. The van der Waals surface area contributed by atoms with Gasteiger partial charge in [0.2, 0.25) is 0 Å². The van der Waals surface area contributed by atoms with Crippen molar-refractivity contribution in [2.24, 2.45) is 5.92 Å². The van der Waals surface area contributed by atoms with Crippen LogP contribution in [0.15, 0.2) is 24.3 Å². The van der Waals surface area contributed by atoms with Crippen molar-refractivity contribution in [3.63, 3.8) is 0 Å². The van der Waals surface area contributed by atoms with Crippen molar-refractivity contribution in [2.45, 2.75) is 18.8 Å². The highest BCUT2D eigenvalue weighted by atomic mass is 35.5. The zero-order valence-electron chi connectivity index (χ0n) is 8.79.